The maximum absolute atomic E-state index is 11.9. The SMILES string of the molecule is NCCN1CCN(c2ccc(C3CCC(=O)NC3=O)cc2)CC1. The number of imide groups is 1. The molecule has 3 N–H and O–H groups in total. The number of nitrogens with zero attached hydrogens (tertiary/aromatic N) is 2. The van der Waals surface area contributed by atoms with Crippen LogP contribution in [0.4, 0.5) is 5.69 Å². The molecule has 124 valence electrons. The Morgan fingerprint density at radius 3 is 2.39 bits per heavy atom. The number of carbonyl (C=O) groups excluding carboxylic acids is 2. The van der Waals surface area contributed by atoms with E-state index < -0.39 is 0 Å². The third-order valence-corrected chi connectivity index (χ3v) is 4.72. The fraction of sp³-hybridized carbons (Fsp3) is 0.529. The number of amides is 2. The molecule has 1 aromatic rings. The van der Waals surface area contributed by atoms with Gasteiger partial charge in [-0.15, -0.1) is 0 Å². The lowest BCUT2D eigenvalue weighted by Crippen LogP contribution is -2.47. The maximum Gasteiger partial charge on any atom is 0.234 e. The van der Waals surface area contributed by atoms with Crippen molar-refractivity contribution in [1.82, 2.24) is 10.2 Å². The van der Waals surface area contributed by atoms with E-state index in [1.165, 1.54) is 5.69 Å². The Hall–Kier alpha value is -1.92. The molecule has 2 amide bonds. The molecule has 2 aliphatic heterocycles. The normalized spacial score (nSPS) is 23.0. The van der Waals surface area contributed by atoms with Crippen molar-refractivity contribution in [2.45, 2.75) is 18.8 Å². The second-order valence-electron chi connectivity index (χ2n) is 6.21. The first-order valence-corrected chi connectivity index (χ1v) is 8.28. The van der Waals surface area contributed by atoms with Gasteiger partial charge in [0.1, 0.15) is 0 Å². The molecule has 1 atom stereocenters. The van der Waals surface area contributed by atoms with Crippen LogP contribution in [0.15, 0.2) is 24.3 Å². The smallest absolute Gasteiger partial charge is 0.234 e. The van der Waals surface area contributed by atoms with E-state index in [0.29, 0.717) is 19.4 Å². The van der Waals surface area contributed by atoms with Gasteiger partial charge in [-0.1, -0.05) is 12.1 Å². The minimum absolute atomic E-state index is 0.168. The number of carbonyl (C=O) groups is 2. The molecule has 0 aromatic heterocycles. The quantitative estimate of drug-likeness (QED) is 0.781. The summed E-state index contributed by atoms with van der Waals surface area (Å²) in [5.41, 5.74) is 7.78. The summed E-state index contributed by atoms with van der Waals surface area (Å²) in [5, 5.41) is 2.42. The van der Waals surface area contributed by atoms with Crippen molar-refractivity contribution in [3.05, 3.63) is 29.8 Å². The van der Waals surface area contributed by atoms with Gasteiger partial charge in [-0.2, -0.15) is 0 Å². The first-order valence-electron chi connectivity index (χ1n) is 8.28. The van der Waals surface area contributed by atoms with Gasteiger partial charge in [-0.3, -0.25) is 19.8 Å². The minimum atomic E-state index is -0.205. The molecule has 0 radical (unpaired) electrons. The molecule has 2 saturated heterocycles. The summed E-state index contributed by atoms with van der Waals surface area (Å²) in [6.07, 6.45) is 1.02. The lowest BCUT2D eigenvalue weighted by atomic mass is 9.90. The lowest BCUT2D eigenvalue weighted by Gasteiger charge is -2.36. The Labute approximate surface area is 136 Å². The second-order valence-corrected chi connectivity index (χ2v) is 6.21. The van der Waals surface area contributed by atoms with Crippen LogP contribution in [0.25, 0.3) is 0 Å². The number of hydrogen-bond donors (Lipinski definition) is 2. The molecule has 0 bridgehead atoms. The van der Waals surface area contributed by atoms with Gasteiger partial charge in [-0.25, -0.2) is 0 Å². The van der Waals surface area contributed by atoms with Crippen molar-refractivity contribution in [2.24, 2.45) is 5.73 Å². The van der Waals surface area contributed by atoms with Gasteiger partial charge < -0.3 is 10.6 Å². The molecular weight excluding hydrogens is 292 g/mol. The molecule has 0 saturated carbocycles. The van der Waals surface area contributed by atoms with E-state index in [1.807, 2.05) is 12.1 Å². The van der Waals surface area contributed by atoms with E-state index in [2.05, 4.69) is 27.2 Å². The number of hydrogen-bond acceptors (Lipinski definition) is 5. The van der Waals surface area contributed by atoms with E-state index in [0.717, 1.165) is 38.3 Å². The zero-order valence-corrected chi connectivity index (χ0v) is 13.3. The highest BCUT2D eigenvalue weighted by Crippen LogP contribution is 2.27. The molecule has 1 aromatic carbocycles. The fourth-order valence-corrected chi connectivity index (χ4v) is 3.34. The van der Waals surface area contributed by atoms with Gasteiger partial charge in [0.05, 0.1) is 5.92 Å². The molecule has 2 heterocycles. The van der Waals surface area contributed by atoms with Crippen LogP contribution in [-0.4, -0.2) is 56.0 Å². The number of nitrogens with two attached hydrogens (primary N) is 1. The summed E-state index contributed by atoms with van der Waals surface area (Å²) in [6.45, 7) is 5.73. The van der Waals surface area contributed by atoms with Gasteiger partial charge in [0.25, 0.3) is 0 Å². The van der Waals surface area contributed by atoms with Crippen LogP contribution in [-0.2, 0) is 9.59 Å². The van der Waals surface area contributed by atoms with Gasteiger partial charge in [0, 0.05) is 51.4 Å². The number of rotatable bonds is 4. The molecule has 0 spiro atoms. The second kappa shape index (κ2) is 7.10. The van der Waals surface area contributed by atoms with Crippen LogP contribution in [0, 0.1) is 0 Å². The summed E-state index contributed by atoms with van der Waals surface area (Å²) < 4.78 is 0. The molecule has 2 fully saturated rings. The Morgan fingerprint density at radius 1 is 1.09 bits per heavy atom. The monoisotopic (exact) mass is 316 g/mol. The number of anilines is 1. The third-order valence-electron chi connectivity index (χ3n) is 4.72. The van der Waals surface area contributed by atoms with Gasteiger partial charge >= 0.3 is 0 Å². The number of benzene rings is 1. The van der Waals surface area contributed by atoms with E-state index in [1.54, 1.807) is 0 Å². The van der Waals surface area contributed by atoms with Crippen molar-refractivity contribution in [3.8, 4) is 0 Å². The Morgan fingerprint density at radius 2 is 1.78 bits per heavy atom. The summed E-state index contributed by atoms with van der Waals surface area (Å²) in [5.74, 6) is -0.550. The first kappa shape index (κ1) is 16.0. The van der Waals surface area contributed by atoms with Crippen LogP contribution in [0.5, 0.6) is 0 Å². The van der Waals surface area contributed by atoms with Crippen molar-refractivity contribution < 1.29 is 9.59 Å². The maximum atomic E-state index is 11.9. The predicted octanol–water partition coefficient (Wildman–Crippen LogP) is 0.288. The lowest BCUT2D eigenvalue weighted by molar-refractivity contribution is -0.134. The Balaban J connectivity index is 1.61. The molecule has 3 rings (SSSR count). The van der Waals surface area contributed by atoms with Crippen LogP contribution in [0.3, 0.4) is 0 Å². The molecule has 1 unspecified atom stereocenters. The van der Waals surface area contributed by atoms with Gasteiger partial charge in [-0.05, 0) is 24.1 Å². The largest absolute Gasteiger partial charge is 0.369 e. The Kier molecular flexibility index (Phi) is 4.93. The van der Waals surface area contributed by atoms with Crippen molar-refractivity contribution >= 4 is 17.5 Å². The highest BCUT2D eigenvalue weighted by Gasteiger charge is 2.28. The summed E-state index contributed by atoms with van der Waals surface area (Å²) in [7, 11) is 0. The molecule has 6 heteroatoms. The zero-order chi connectivity index (χ0) is 16.2. The summed E-state index contributed by atoms with van der Waals surface area (Å²) in [6, 6.07) is 8.19. The molecule has 0 aliphatic carbocycles. The average Bonchev–Trinajstić information content (AvgIpc) is 2.56. The van der Waals surface area contributed by atoms with Gasteiger partial charge in [0.2, 0.25) is 11.8 Å². The molecule has 23 heavy (non-hydrogen) atoms. The number of piperazine rings is 1. The van der Waals surface area contributed by atoms with E-state index in [9.17, 15) is 9.59 Å². The predicted molar refractivity (Wildman–Crippen MR) is 89.3 cm³/mol. The van der Waals surface area contributed by atoms with Crippen molar-refractivity contribution in [1.29, 1.82) is 0 Å². The highest BCUT2D eigenvalue weighted by molar-refractivity contribution is 6.00. The average molecular weight is 316 g/mol. The molecule has 2 aliphatic rings. The highest BCUT2D eigenvalue weighted by atomic mass is 16.2. The van der Waals surface area contributed by atoms with Crippen molar-refractivity contribution in [2.75, 3.05) is 44.2 Å². The van der Waals surface area contributed by atoms with Crippen LogP contribution in [0.1, 0.15) is 24.3 Å². The van der Waals surface area contributed by atoms with Crippen LogP contribution >= 0.6 is 0 Å². The fourth-order valence-electron chi connectivity index (χ4n) is 3.34. The first-order chi connectivity index (χ1) is 11.2. The van der Waals surface area contributed by atoms with E-state index >= 15 is 0 Å². The minimum Gasteiger partial charge on any atom is -0.369 e. The topological polar surface area (TPSA) is 78.7 Å². The van der Waals surface area contributed by atoms with Crippen LogP contribution < -0.4 is 16.0 Å². The van der Waals surface area contributed by atoms with Gasteiger partial charge in [0.15, 0.2) is 0 Å². The number of nitrogens with one attached hydrogen (secondary N) is 1. The zero-order valence-electron chi connectivity index (χ0n) is 13.3. The molecular formula is C17H24N4O2. The summed E-state index contributed by atoms with van der Waals surface area (Å²) in [4.78, 5) is 27.9. The van der Waals surface area contributed by atoms with E-state index in [-0.39, 0.29) is 17.7 Å². The molecule has 6 nitrogen and oxygen atoms in total. The standard InChI is InChI=1S/C17H24N4O2/c18-7-8-20-9-11-21(12-10-20)14-3-1-13(2-4-14)15-5-6-16(22)19-17(15)23/h1-4,15H,5-12,18H2,(H,19,22,23). The third kappa shape index (κ3) is 3.71. The number of piperidine rings is 1. The van der Waals surface area contributed by atoms with Crippen LogP contribution in [0.2, 0.25) is 0 Å². The van der Waals surface area contributed by atoms with E-state index in [4.69, 9.17) is 5.73 Å². The Bertz CT molecular complexity index is 564. The summed E-state index contributed by atoms with van der Waals surface area (Å²) >= 11 is 0. The van der Waals surface area contributed by atoms with Crippen molar-refractivity contribution in [3.63, 3.8) is 0 Å².